The molecule has 0 saturated carbocycles. The minimum atomic E-state index is -0.827. The van der Waals surface area contributed by atoms with Crippen molar-refractivity contribution < 1.29 is 19.1 Å². The van der Waals surface area contributed by atoms with Gasteiger partial charge in [0.05, 0.1) is 6.54 Å². The highest BCUT2D eigenvalue weighted by atomic mass is 35.5. The van der Waals surface area contributed by atoms with Crippen LogP contribution in [-0.2, 0) is 17.9 Å². The summed E-state index contributed by atoms with van der Waals surface area (Å²) in [5.74, 6) is -1.51. The SMILES string of the molecule is Cl.O=C(NCc1ccc(F)cc1)c1nnc(CN2CCCCC2C(=O)O)s1. The highest BCUT2D eigenvalue weighted by molar-refractivity contribution is 7.13. The summed E-state index contributed by atoms with van der Waals surface area (Å²) in [6, 6.07) is 5.36. The summed E-state index contributed by atoms with van der Waals surface area (Å²) in [6.45, 7) is 1.34. The monoisotopic (exact) mass is 414 g/mol. The molecule has 2 heterocycles. The van der Waals surface area contributed by atoms with Crippen LogP contribution in [0.25, 0.3) is 0 Å². The number of aromatic nitrogens is 2. The van der Waals surface area contributed by atoms with Crippen LogP contribution in [0.5, 0.6) is 0 Å². The van der Waals surface area contributed by atoms with Crippen LogP contribution in [0, 0.1) is 5.82 Å². The molecule has 3 rings (SSSR count). The van der Waals surface area contributed by atoms with Crippen LogP contribution in [-0.4, -0.2) is 44.7 Å². The number of carboxylic acid groups (broad SMARTS) is 1. The summed E-state index contributed by atoms with van der Waals surface area (Å²) in [4.78, 5) is 25.4. The summed E-state index contributed by atoms with van der Waals surface area (Å²) in [6.07, 6.45) is 2.48. The molecule has 7 nitrogen and oxygen atoms in total. The normalized spacial score (nSPS) is 17.1. The third kappa shape index (κ3) is 5.69. The number of carbonyl (C=O) groups is 2. The number of benzene rings is 1. The standard InChI is InChI=1S/C17H19FN4O3S.ClH/c18-12-6-4-11(5-7-12)9-19-15(23)16-21-20-14(26-16)10-22-8-2-1-3-13(22)17(24)25;/h4-7,13H,1-3,8-10H2,(H,19,23)(H,24,25);1H. The molecule has 27 heavy (non-hydrogen) atoms. The molecular formula is C17H20ClFN4O3S. The maximum Gasteiger partial charge on any atom is 0.320 e. The number of piperidine rings is 1. The summed E-state index contributed by atoms with van der Waals surface area (Å²) in [7, 11) is 0. The zero-order valence-corrected chi connectivity index (χ0v) is 16.1. The number of carbonyl (C=O) groups excluding carboxylic acids is 1. The Morgan fingerprint density at radius 3 is 2.70 bits per heavy atom. The second-order valence-electron chi connectivity index (χ2n) is 6.13. The van der Waals surface area contributed by atoms with Crippen molar-refractivity contribution in [2.24, 2.45) is 0 Å². The number of amides is 1. The average Bonchev–Trinajstić information content (AvgIpc) is 3.10. The van der Waals surface area contributed by atoms with Crippen molar-refractivity contribution >= 4 is 35.6 Å². The first kappa shape index (κ1) is 21.2. The van der Waals surface area contributed by atoms with Crippen LogP contribution in [0.2, 0.25) is 0 Å². The van der Waals surface area contributed by atoms with Crippen molar-refractivity contribution in [2.45, 2.75) is 38.4 Å². The van der Waals surface area contributed by atoms with Crippen molar-refractivity contribution in [3.8, 4) is 0 Å². The quantitative estimate of drug-likeness (QED) is 0.753. The third-order valence-electron chi connectivity index (χ3n) is 4.26. The second kappa shape index (κ2) is 9.72. The van der Waals surface area contributed by atoms with Gasteiger partial charge in [0.15, 0.2) is 0 Å². The fourth-order valence-corrected chi connectivity index (χ4v) is 3.68. The Labute approximate surface area is 166 Å². The maximum atomic E-state index is 12.9. The van der Waals surface area contributed by atoms with Gasteiger partial charge in [-0.25, -0.2) is 4.39 Å². The van der Waals surface area contributed by atoms with E-state index >= 15 is 0 Å². The fraction of sp³-hybridized carbons (Fsp3) is 0.412. The summed E-state index contributed by atoms with van der Waals surface area (Å²) < 4.78 is 12.9. The lowest BCUT2D eigenvalue weighted by atomic mass is 10.0. The molecule has 1 unspecified atom stereocenters. The molecule has 1 amide bonds. The minimum absolute atomic E-state index is 0. The van der Waals surface area contributed by atoms with Crippen molar-refractivity contribution in [2.75, 3.05) is 6.54 Å². The zero-order valence-electron chi connectivity index (χ0n) is 14.4. The molecule has 146 valence electrons. The van der Waals surface area contributed by atoms with E-state index in [1.807, 2.05) is 4.90 Å². The number of halogens is 2. The van der Waals surface area contributed by atoms with E-state index in [1.54, 1.807) is 12.1 Å². The van der Waals surface area contributed by atoms with Crippen LogP contribution in [0.4, 0.5) is 4.39 Å². The van der Waals surface area contributed by atoms with E-state index in [2.05, 4.69) is 15.5 Å². The van der Waals surface area contributed by atoms with Gasteiger partial charge < -0.3 is 10.4 Å². The van der Waals surface area contributed by atoms with Crippen molar-refractivity contribution in [1.82, 2.24) is 20.4 Å². The Hall–Kier alpha value is -2.10. The maximum absolute atomic E-state index is 12.9. The van der Waals surface area contributed by atoms with Gasteiger partial charge in [-0.2, -0.15) is 0 Å². The molecule has 10 heteroatoms. The van der Waals surface area contributed by atoms with E-state index in [0.29, 0.717) is 24.5 Å². The van der Waals surface area contributed by atoms with Crippen LogP contribution >= 0.6 is 23.7 Å². The fourth-order valence-electron chi connectivity index (χ4n) is 2.90. The molecule has 1 saturated heterocycles. The number of likely N-dealkylation sites (tertiary alicyclic amines) is 1. The smallest absolute Gasteiger partial charge is 0.320 e. The van der Waals surface area contributed by atoms with Gasteiger partial charge in [-0.05, 0) is 37.1 Å². The lowest BCUT2D eigenvalue weighted by Gasteiger charge is -2.31. The molecule has 0 spiro atoms. The predicted molar refractivity (Wildman–Crippen MR) is 100 cm³/mol. The summed E-state index contributed by atoms with van der Waals surface area (Å²) in [5, 5.41) is 20.8. The molecule has 2 aromatic rings. The lowest BCUT2D eigenvalue weighted by Crippen LogP contribution is -2.43. The largest absolute Gasteiger partial charge is 0.480 e. The van der Waals surface area contributed by atoms with Crippen molar-refractivity contribution in [3.05, 3.63) is 45.7 Å². The highest BCUT2D eigenvalue weighted by Gasteiger charge is 2.29. The number of hydrogen-bond acceptors (Lipinski definition) is 6. The topological polar surface area (TPSA) is 95.4 Å². The van der Waals surface area contributed by atoms with Gasteiger partial charge in [-0.3, -0.25) is 14.5 Å². The summed E-state index contributed by atoms with van der Waals surface area (Å²) in [5.41, 5.74) is 0.780. The number of rotatable bonds is 6. The number of hydrogen-bond donors (Lipinski definition) is 2. The first-order valence-corrected chi connectivity index (χ1v) is 9.16. The Morgan fingerprint density at radius 2 is 2.00 bits per heavy atom. The minimum Gasteiger partial charge on any atom is -0.480 e. The Bertz CT molecular complexity index is 787. The van der Waals surface area contributed by atoms with Gasteiger partial charge in [-0.15, -0.1) is 22.6 Å². The van der Waals surface area contributed by atoms with Gasteiger partial charge in [0.2, 0.25) is 5.01 Å². The summed E-state index contributed by atoms with van der Waals surface area (Å²) >= 11 is 1.16. The Kier molecular flexibility index (Phi) is 7.64. The Balaban J connectivity index is 0.00000261. The van der Waals surface area contributed by atoms with Crippen LogP contribution in [0.3, 0.4) is 0 Å². The van der Waals surface area contributed by atoms with E-state index < -0.39 is 12.0 Å². The highest BCUT2D eigenvalue weighted by Crippen LogP contribution is 2.21. The van der Waals surface area contributed by atoms with Gasteiger partial charge in [0, 0.05) is 6.54 Å². The third-order valence-corrected chi connectivity index (χ3v) is 5.17. The van der Waals surface area contributed by atoms with Gasteiger partial charge >= 0.3 is 5.97 Å². The molecule has 1 aromatic heterocycles. The molecular weight excluding hydrogens is 395 g/mol. The van der Waals surface area contributed by atoms with Crippen LogP contribution in [0.1, 0.15) is 39.6 Å². The van der Waals surface area contributed by atoms with E-state index in [1.165, 1.54) is 12.1 Å². The van der Waals surface area contributed by atoms with E-state index in [0.717, 1.165) is 29.7 Å². The van der Waals surface area contributed by atoms with Crippen molar-refractivity contribution in [1.29, 1.82) is 0 Å². The first-order chi connectivity index (χ1) is 12.5. The molecule has 0 bridgehead atoms. The van der Waals surface area contributed by atoms with Gasteiger partial charge in [0.25, 0.3) is 5.91 Å². The van der Waals surface area contributed by atoms with Crippen molar-refractivity contribution in [3.63, 3.8) is 0 Å². The van der Waals surface area contributed by atoms with E-state index in [4.69, 9.17) is 0 Å². The molecule has 1 fully saturated rings. The van der Waals surface area contributed by atoms with Crippen LogP contribution in [0.15, 0.2) is 24.3 Å². The molecule has 0 aliphatic carbocycles. The van der Waals surface area contributed by atoms with Gasteiger partial charge in [-0.1, -0.05) is 29.9 Å². The molecule has 1 atom stereocenters. The lowest BCUT2D eigenvalue weighted by molar-refractivity contribution is -0.144. The van der Waals surface area contributed by atoms with E-state index in [-0.39, 0.29) is 35.7 Å². The number of aliphatic carboxylic acids is 1. The average molecular weight is 415 g/mol. The molecule has 1 aliphatic rings. The predicted octanol–water partition coefficient (Wildman–Crippen LogP) is 2.47. The number of nitrogens with zero attached hydrogens (tertiary/aromatic N) is 3. The van der Waals surface area contributed by atoms with Crippen LogP contribution < -0.4 is 5.32 Å². The number of nitrogens with one attached hydrogen (secondary N) is 1. The molecule has 2 N–H and O–H groups in total. The number of carboxylic acids is 1. The molecule has 0 radical (unpaired) electrons. The van der Waals surface area contributed by atoms with Gasteiger partial charge in [0.1, 0.15) is 16.9 Å². The Morgan fingerprint density at radius 1 is 1.26 bits per heavy atom. The molecule has 1 aromatic carbocycles. The second-order valence-corrected chi connectivity index (χ2v) is 7.19. The van der Waals surface area contributed by atoms with E-state index in [9.17, 15) is 19.1 Å². The first-order valence-electron chi connectivity index (χ1n) is 8.35. The zero-order chi connectivity index (χ0) is 18.5. The molecule has 1 aliphatic heterocycles.